The van der Waals surface area contributed by atoms with Crippen LogP contribution < -0.4 is 9.64 Å². The Labute approximate surface area is 251 Å². The van der Waals surface area contributed by atoms with E-state index in [1.807, 2.05) is 31.1 Å². The summed E-state index contributed by atoms with van der Waals surface area (Å²) in [6.45, 7) is 2.68. The smallest absolute Gasteiger partial charge is 0.280 e. The number of carbonyl (C=O) groups is 1. The van der Waals surface area contributed by atoms with Crippen molar-refractivity contribution < 1.29 is 33.7 Å². The number of carbonyl (C=O) groups excluding carboxylic acids is 1. The number of aromatic nitrogens is 1. The van der Waals surface area contributed by atoms with Gasteiger partial charge >= 0.3 is 0 Å². The van der Waals surface area contributed by atoms with Gasteiger partial charge in [-0.05, 0) is 49.9 Å². The largest absolute Gasteiger partial charge is 0.508 e. The lowest BCUT2D eigenvalue weighted by atomic mass is 9.92. The monoisotopic (exact) mass is 592 g/mol. The van der Waals surface area contributed by atoms with Crippen LogP contribution in [0.1, 0.15) is 55.4 Å². The summed E-state index contributed by atoms with van der Waals surface area (Å²) < 4.78 is 23.3. The van der Waals surface area contributed by atoms with E-state index in [9.17, 15) is 15.0 Å². The van der Waals surface area contributed by atoms with Gasteiger partial charge in [0.2, 0.25) is 6.41 Å². The number of nitrogens with zero attached hydrogens (tertiary/aromatic N) is 4. The van der Waals surface area contributed by atoms with Crippen molar-refractivity contribution in [2.75, 3.05) is 45.3 Å². The predicted octanol–water partition coefficient (Wildman–Crippen LogP) is 5.18. The number of benzene rings is 2. The molecule has 6 rings (SSSR count). The summed E-state index contributed by atoms with van der Waals surface area (Å²) in [6, 6.07) is 12.0. The van der Waals surface area contributed by atoms with E-state index in [1.54, 1.807) is 17.0 Å². The minimum atomic E-state index is -0.787. The first-order valence-corrected chi connectivity index (χ1v) is 15.2. The lowest BCUT2D eigenvalue weighted by molar-refractivity contribution is -0.152. The standard InChI is InChI=1S/C32H40N4O7/c1-34(2)21-8-10-25(11-9-21)42-28-19-24(37)18-27(38)30(28)29-20-26(33-43-29)31(39)36(32-40-16-17-41-32)23-12-14-35(15-13-23)22-6-4-3-5-7-22/h8-11,18-20,22-23,32,37-38H,3-7,12-17H2,1-2H3. The zero-order chi connectivity index (χ0) is 29.9. The summed E-state index contributed by atoms with van der Waals surface area (Å²) in [5, 5.41) is 25.1. The van der Waals surface area contributed by atoms with Gasteiger partial charge in [-0.2, -0.15) is 0 Å². The third-order valence-electron chi connectivity index (χ3n) is 8.67. The Hall–Kier alpha value is -3.80. The molecule has 3 aromatic rings. The number of likely N-dealkylation sites (tertiary alicyclic amines) is 1. The van der Waals surface area contributed by atoms with Gasteiger partial charge in [0.05, 0.1) is 13.2 Å². The van der Waals surface area contributed by atoms with Crippen LogP contribution in [0.2, 0.25) is 0 Å². The number of ether oxygens (including phenoxy) is 3. The van der Waals surface area contributed by atoms with Crippen LogP contribution >= 0.6 is 0 Å². The maximum absolute atomic E-state index is 14.0. The van der Waals surface area contributed by atoms with Gasteiger partial charge in [-0.25, -0.2) is 0 Å². The van der Waals surface area contributed by atoms with Gasteiger partial charge in [-0.1, -0.05) is 24.4 Å². The third-order valence-corrected chi connectivity index (χ3v) is 8.67. The van der Waals surface area contributed by atoms with Crippen LogP contribution in [0.5, 0.6) is 23.0 Å². The molecule has 11 nitrogen and oxygen atoms in total. The normalized spacial score (nSPS) is 19.0. The number of phenols is 2. The molecule has 230 valence electrons. The summed E-state index contributed by atoms with van der Waals surface area (Å²) in [6.07, 6.45) is 7.26. The Morgan fingerprint density at radius 2 is 1.65 bits per heavy atom. The molecular formula is C32H40N4O7. The molecular weight excluding hydrogens is 552 g/mol. The van der Waals surface area contributed by atoms with Gasteiger partial charge in [-0.15, -0.1) is 0 Å². The highest BCUT2D eigenvalue weighted by Gasteiger charge is 2.39. The van der Waals surface area contributed by atoms with Crippen molar-refractivity contribution in [2.45, 2.75) is 63.4 Å². The Morgan fingerprint density at radius 3 is 2.33 bits per heavy atom. The topological polar surface area (TPSA) is 121 Å². The van der Waals surface area contributed by atoms with Crippen LogP contribution in [0.3, 0.4) is 0 Å². The number of anilines is 1. The molecule has 3 aliphatic rings. The van der Waals surface area contributed by atoms with Crippen molar-refractivity contribution in [1.29, 1.82) is 0 Å². The number of rotatable bonds is 8. The second kappa shape index (κ2) is 12.8. The van der Waals surface area contributed by atoms with Gasteiger partial charge in [-0.3, -0.25) is 9.69 Å². The maximum atomic E-state index is 14.0. The van der Waals surface area contributed by atoms with Crippen molar-refractivity contribution in [2.24, 2.45) is 0 Å². The number of aromatic hydroxyl groups is 2. The summed E-state index contributed by atoms with van der Waals surface area (Å²) in [5.41, 5.74) is 1.23. The molecule has 43 heavy (non-hydrogen) atoms. The van der Waals surface area contributed by atoms with Crippen molar-refractivity contribution >= 4 is 11.6 Å². The lowest BCUT2D eigenvalue weighted by Crippen LogP contribution is -2.53. The van der Waals surface area contributed by atoms with Gasteiger partial charge in [0, 0.05) is 63.2 Å². The van der Waals surface area contributed by atoms with Gasteiger partial charge in [0.25, 0.3) is 5.91 Å². The highest BCUT2D eigenvalue weighted by Crippen LogP contribution is 2.43. The van der Waals surface area contributed by atoms with E-state index in [0.717, 1.165) is 31.6 Å². The molecule has 11 heteroatoms. The molecule has 0 unspecified atom stereocenters. The first-order valence-electron chi connectivity index (χ1n) is 15.2. The molecule has 2 aliphatic heterocycles. The fourth-order valence-electron chi connectivity index (χ4n) is 6.40. The molecule has 1 amide bonds. The second-order valence-electron chi connectivity index (χ2n) is 11.7. The number of phenolic OH excluding ortho intramolecular Hbond substituents is 2. The van der Waals surface area contributed by atoms with Gasteiger partial charge in [0.15, 0.2) is 11.5 Å². The number of piperidine rings is 1. The quantitative estimate of drug-likeness (QED) is 0.362. The zero-order valence-electron chi connectivity index (χ0n) is 24.8. The van der Waals surface area contributed by atoms with Crippen LogP contribution in [0.25, 0.3) is 11.3 Å². The number of amides is 1. The van der Waals surface area contributed by atoms with Crippen molar-refractivity contribution in [1.82, 2.24) is 15.0 Å². The Bertz CT molecular complexity index is 1390. The minimum Gasteiger partial charge on any atom is -0.508 e. The van der Waals surface area contributed by atoms with E-state index >= 15 is 0 Å². The molecule has 0 atom stereocenters. The molecule has 2 aromatic carbocycles. The minimum absolute atomic E-state index is 0.0672. The van der Waals surface area contributed by atoms with Crippen molar-refractivity contribution in [3.05, 3.63) is 48.2 Å². The first kappa shape index (κ1) is 29.3. The average Bonchev–Trinajstić information content (AvgIpc) is 3.71. The third kappa shape index (κ3) is 6.43. The lowest BCUT2D eigenvalue weighted by Gasteiger charge is -2.43. The molecule has 1 aliphatic carbocycles. The average molecular weight is 593 g/mol. The predicted molar refractivity (Wildman–Crippen MR) is 159 cm³/mol. The highest BCUT2D eigenvalue weighted by molar-refractivity contribution is 5.94. The maximum Gasteiger partial charge on any atom is 0.280 e. The van der Waals surface area contributed by atoms with E-state index < -0.39 is 6.41 Å². The van der Waals surface area contributed by atoms with E-state index in [-0.39, 0.29) is 46.2 Å². The summed E-state index contributed by atoms with van der Waals surface area (Å²) in [4.78, 5) is 20.2. The molecule has 3 fully saturated rings. The first-order chi connectivity index (χ1) is 20.9. The van der Waals surface area contributed by atoms with Gasteiger partial charge in [0.1, 0.15) is 28.6 Å². The Balaban J connectivity index is 1.23. The summed E-state index contributed by atoms with van der Waals surface area (Å²) in [5.74, 6) is -0.0459. The number of hydrogen-bond donors (Lipinski definition) is 2. The molecule has 2 N–H and O–H groups in total. The molecule has 0 radical (unpaired) electrons. The molecule has 0 bridgehead atoms. The molecule has 2 saturated heterocycles. The molecule has 1 aromatic heterocycles. The Morgan fingerprint density at radius 1 is 0.953 bits per heavy atom. The van der Waals surface area contributed by atoms with Crippen molar-refractivity contribution in [3.63, 3.8) is 0 Å². The summed E-state index contributed by atoms with van der Waals surface area (Å²) in [7, 11) is 3.88. The summed E-state index contributed by atoms with van der Waals surface area (Å²) >= 11 is 0. The molecule has 3 heterocycles. The highest BCUT2D eigenvalue weighted by atomic mass is 16.7. The SMILES string of the molecule is CN(C)c1ccc(Oc2cc(O)cc(O)c2-c2cc(C(=O)N(C3CCN(C4CCCCC4)CC3)C3OCCO3)no2)cc1. The fraction of sp³-hybridized carbons (Fsp3) is 0.500. The van der Waals surface area contributed by atoms with E-state index in [1.165, 1.54) is 50.3 Å². The van der Waals surface area contributed by atoms with E-state index in [0.29, 0.717) is 25.0 Å². The van der Waals surface area contributed by atoms with Gasteiger partial charge < -0.3 is 38.7 Å². The number of hydrogen-bond acceptors (Lipinski definition) is 10. The zero-order valence-corrected chi connectivity index (χ0v) is 24.8. The van der Waals surface area contributed by atoms with Crippen LogP contribution in [0, 0.1) is 0 Å². The van der Waals surface area contributed by atoms with Crippen molar-refractivity contribution in [3.8, 4) is 34.3 Å². The molecule has 1 saturated carbocycles. The van der Waals surface area contributed by atoms with E-state index in [4.69, 9.17) is 18.7 Å². The molecule has 0 spiro atoms. The van der Waals surface area contributed by atoms with Crippen LogP contribution in [-0.2, 0) is 9.47 Å². The second-order valence-corrected chi connectivity index (χ2v) is 11.7. The van der Waals surface area contributed by atoms with Crippen LogP contribution in [0.15, 0.2) is 47.0 Å². The van der Waals surface area contributed by atoms with Crippen LogP contribution in [-0.4, -0.2) is 90.0 Å². The van der Waals surface area contributed by atoms with Crippen LogP contribution in [0.4, 0.5) is 5.69 Å². The van der Waals surface area contributed by atoms with E-state index in [2.05, 4.69) is 10.1 Å². The fourth-order valence-corrected chi connectivity index (χ4v) is 6.40. The Kier molecular flexibility index (Phi) is 8.73.